The Labute approximate surface area is 147 Å². The van der Waals surface area contributed by atoms with Crippen LogP contribution >= 0.6 is 22.9 Å². The second-order valence-electron chi connectivity index (χ2n) is 6.43. The summed E-state index contributed by atoms with van der Waals surface area (Å²) >= 11 is 2.05. The molecule has 0 bridgehead atoms. The van der Waals surface area contributed by atoms with Gasteiger partial charge in [0.15, 0.2) is 0 Å². The Balaban J connectivity index is 1.78. The third kappa shape index (κ3) is 2.57. The molecule has 122 valence electrons. The number of nitrogens with one attached hydrogen (secondary N) is 1. The maximum atomic E-state index is 12.9. The van der Waals surface area contributed by atoms with Gasteiger partial charge >= 0.3 is 0 Å². The van der Waals surface area contributed by atoms with Crippen LogP contribution in [0.2, 0.25) is 0 Å². The number of hydrogen-bond donors (Lipinski definition) is 1. The highest BCUT2D eigenvalue weighted by atomic mass is 127. The number of aromatic nitrogens is 2. The van der Waals surface area contributed by atoms with Crippen LogP contribution in [-0.2, 0) is 4.74 Å². The van der Waals surface area contributed by atoms with Gasteiger partial charge in [-0.15, -0.1) is 0 Å². The number of furan rings is 1. The predicted molar refractivity (Wildman–Crippen MR) is 92.6 cm³/mol. The molecule has 2 aromatic rings. The number of nitrogens with zero attached hydrogens (tertiary/aromatic N) is 3. The molecule has 1 N–H and O–H groups in total. The summed E-state index contributed by atoms with van der Waals surface area (Å²) in [7, 11) is 0. The fourth-order valence-corrected chi connectivity index (χ4v) is 3.18. The fourth-order valence-electron chi connectivity index (χ4n) is 2.62. The van der Waals surface area contributed by atoms with Gasteiger partial charge in [0.05, 0.1) is 53.1 Å². The summed E-state index contributed by atoms with van der Waals surface area (Å²) in [5.74, 6) is 1.15. The van der Waals surface area contributed by atoms with Gasteiger partial charge in [-0.25, -0.2) is 9.97 Å². The molecule has 0 unspecified atom stereocenters. The van der Waals surface area contributed by atoms with Crippen LogP contribution in [0.15, 0.2) is 10.7 Å². The summed E-state index contributed by atoms with van der Waals surface area (Å²) in [6.45, 7) is 5.08. The highest BCUT2D eigenvalue weighted by Crippen LogP contribution is 2.40. The highest BCUT2D eigenvalue weighted by molar-refractivity contribution is 14.1. The highest BCUT2D eigenvalue weighted by Gasteiger charge is 2.39. The van der Waals surface area contributed by atoms with Crippen molar-refractivity contribution >= 4 is 45.7 Å². The normalized spacial score (nSPS) is 19.4. The molecule has 1 saturated carbocycles. The van der Waals surface area contributed by atoms with Crippen LogP contribution in [0.4, 0.5) is 5.82 Å². The van der Waals surface area contributed by atoms with E-state index in [0.29, 0.717) is 41.5 Å². The number of ether oxygens (including phenoxy) is 1. The molecule has 2 aromatic heterocycles. The minimum absolute atomic E-state index is 0.0542. The molecule has 0 radical (unpaired) electrons. The number of carbonyl (C=O) groups excluding carboxylic acids is 1. The summed E-state index contributed by atoms with van der Waals surface area (Å²) < 4.78 is 12.6. The average Bonchev–Trinajstić information content (AvgIpc) is 3.06. The molecule has 2 fully saturated rings. The first-order chi connectivity index (χ1) is 11.0. The summed E-state index contributed by atoms with van der Waals surface area (Å²) in [4.78, 5) is 21.5. The van der Waals surface area contributed by atoms with E-state index in [-0.39, 0.29) is 17.5 Å². The maximum Gasteiger partial charge on any atom is 0.267 e. The first kappa shape index (κ1) is 15.1. The van der Waals surface area contributed by atoms with Crippen molar-refractivity contribution in [2.45, 2.75) is 38.3 Å². The molecule has 1 aliphatic heterocycles. The summed E-state index contributed by atoms with van der Waals surface area (Å²) in [5, 5.41) is 4.10. The molecule has 1 amide bonds. The molecule has 2 aliphatic rings. The van der Waals surface area contributed by atoms with E-state index in [9.17, 15) is 4.79 Å². The lowest BCUT2D eigenvalue weighted by Gasteiger charge is -2.32. The monoisotopic (exact) mass is 428 g/mol. The zero-order valence-corrected chi connectivity index (χ0v) is 15.1. The van der Waals surface area contributed by atoms with E-state index < -0.39 is 0 Å². The maximum absolute atomic E-state index is 12.9. The van der Waals surface area contributed by atoms with Crippen LogP contribution in [0, 0.1) is 6.92 Å². The van der Waals surface area contributed by atoms with Crippen LogP contribution in [0.5, 0.6) is 0 Å². The number of halogens is 1. The third-order valence-electron chi connectivity index (χ3n) is 4.43. The first-order valence-corrected chi connectivity index (χ1v) is 8.54. The number of carbonyl (C=O) groups is 1. The standard InChI is InChI=1S/C15H17IN4O3/c1-8-10(14(21)20(16)9-5-22-6-9)11-12(19-15(2)3-4-15)17-7-18-13(11)23-8/h7,9H,3-6H2,1-2H3,(H,17,18,19). The summed E-state index contributed by atoms with van der Waals surface area (Å²) in [6.07, 6.45) is 3.65. The van der Waals surface area contributed by atoms with Crippen molar-refractivity contribution in [3.05, 3.63) is 17.7 Å². The lowest BCUT2D eigenvalue weighted by atomic mass is 10.1. The minimum atomic E-state index is -0.0889. The Morgan fingerprint density at radius 2 is 2.17 bits per heavy atom. The van der Waals surface area contributed by atoms with Crippen LogP contribution < -0.4 is 5.32 Å². The largest absolute Gasteiger partial charge is 0.442 e. The van der Waals surface area contributed by atoms with Gasteiger partial charge in [0, 0.05) is 5.54 Å². The Morgan fingerprint density at radius 3 is 2.78 bits per heavy atom. The van der Waals surface area contributed by atoms with Gasteiger partial charge in [-0.1, -0.05) is 0 Å². The number of amides is 1. The number of rotatable bonds is 4. The van der Waals surface area contributed by atoms with E-state index in [4.69, 9.17) is 9.15 Å². The zero-order chi connectivity index (χ0) is 16.2. The SMILES string of the molecule is Cc1oc2ncnc(NC3(C)CC3)c2c1C(=O)N(I)C1COC1. The van der Waals surface area contributed by atoms with Gasteiger partial charge in [-0.2, -0.15) is 0 Å². The molecule has 0 atom stereocenters. The predicted octanol–water partition coefficient (Wildman–Crippen LogP) is 2.69. The Kier molecular flexibility index (Phi) is 3.49. The molecule has 1 aliphatic carbocycles. The molecule has 7 nitrogen and oxygen atoms in total. The molecule has 1 saturated heterocycles. The van der Waals surface area contributed by atoms with Gasteiger partial charge in [0.2, 0.25) is 5.71 Å². The molecular weight excluding hydrogens is 411 g/mol. The van der Waals surface area contributed by atoms with Crippen molar-refractivity contribution in [2.24, 2.45) is 0 Å². The summed E-state index contributed by atoms with van der Waals surface area (Å²) in [6, 6.07) is 0.106. The average molecular weight is 428 g/mol. The lowest BCUT2D eigenvalue weighted by molar-refractivity contribution is -0.0238. The van der Waals surface area contributed by atoms with Crippen molar-refractivity contribution in [3.8, 4) is 0 Å². The van der Waals surface area contributed by atoms with Crippen LogP contribution in [-0.4, -0.2) is 43.8 Å². The van der Waals surface area contributed by atoms with Crippen LogP contribution in [0.25, 0.3) is 11.1 Å². The third-order valence-corrected chi connectivity index (χ3v) is 5.66. The molecule has 0 aromatic carbocycles. The molecule has 8 heteroatoms. The van der Waals surface area contributed by atoms with Crippen LogP contribution in [0.1, 0.15) is 35.9 Å². The second-order valence-corrected chi connectivity index (χ2v) is 7.47. The Hall–Kier alpha value is -1.42. The van der Waals surface area contributed by atoms with Gasteiger partial charge < -0.3 is 14.5 Å². The molecule has 4 rings (SSSR count). The molecule has 0 spiro atoms. The Morgan fingerprint density at radius 1 is 1.43 bits per heavy atom. The lowest BCUT2D eigenvalue weighted by Crippen LogP contribution is -2.46. The number of aryl methyl sites for hydroxylation is 1. The van der Waals surface area contributed by atoms with Crippen LogP contribution in [0.3, 0.4) is 0 Å². The van der Waals surface area contributed by atoms with E-state index in [1.54, 1.807) is 10.0 Å². The van der Waals surface area contributed by atoms with Crippen molar-refractivity contribution in [3.63, 3.8) is 0 Å². The number of fused-ring (bicyclic) bond motifs is 1. The first-order valence-electron chi connectivity index (χ1n) is 7.58. The van der Waals surface area contributed by atoms with Gasteiger partial charge in [-0.3, -0.25) is 7.91 Å². The smallest absolute Gasteiger partial charge is 0.267 e. The number of hydrogen-bond acceptors (Lipinski definition) is 6. The quantitative estimate of drug-likeness (QED) is 0.596. The zero-order valence-electron chi connectivity index (χ0n) is 12.9. The fraction of sp³-hybridized carbons (Fsp3) is 0.533. The van der Waals surface area contributed by atoms with E-state index in [2.05, 4.69) is 22.2 Å². The number of anilines is 1. The van der Waals surface area contributed by atoms with Crippen molar-refractivity contribution in [1.82, 2.24) is 13.1 Å². The minimum Gasteiger partial charge on any atom is -0.442 e. The topological polar surface area (TPSA) is 80.5 Å². The van der Waals surface area contributed by atoms with E-state index in [1.165, 1.54) is 6.33 Å². The van der Waals surface area contributed by atoms with E-state index in [0.717, 1.165) is 12.8 Å². The van der Waals surface area contributed by atoms with Crippen molar-refractivity contribution in [2.75, 3.05) is 18.5 Å². The molecular formula is C15H17IN4O3. The van der Waals surface area contributed by atoms with Crippen molar-refractivity contribution < 1.29 is 13.9 Å². The molecule has 23 heavy (non-hydrogen) atoms. The van der Waals surface area contributed by atoms with Gasteiger partial charge in [-0.05, 0) is 26.7 Å². The summed E-state index contributed by atoms with van der Waals surface area (Å²) in [5.41, 5.74) is 1.04. The Bertz CT molecular complexity index is 782. The second kappa shape index (κ2) is 5.30. The molecule has 3 heterocycles. The van der Waals surface area contributed by atoms with Gasteiger partial charge in [0.25, 0.3) is 5.91 Å². The van der Waals surface area contributed by atoms with E-state index >= 15 is 0 Å². The van der Waals surface area contributed by atoms with E-state index in [1.807, 2.05) is 22.9 Å². The van der Waals surface area contributed by atoms with Gasteiger partial charge in [0.1, 0.15) is 17.9 Å². The van der Waals surface area contributed by atoms with Crippen molar-refractivity contribution in [1.29, 1.82) is 0 Å².